The third-order valence-electron chi connectivity index (χ3n) is 2.99. The molecule has 3 aromatic rings. The molecule has 1 aromatic carbocycles. The van der Waals surface area contributed by atoms with Crippen LogP contribution in [-0.4, -0.2) is 16.0 Å². The molecule has 0 unspecified atom stereocenters. The number of benzene rings is 1. The third kappa shape index (κ3) is 2.97. The van der Waals surface area contributed by atoms with E-state index in [1.807, 2.05) is 37.3 Å². The van der Waals surface area contributed by atoms with E-state index in [1.54, 1.807) is 24.4 Å². The lowest BCUT2D eigenvalue weighted by Gasteiger charge is -2.01. The number of carbonyl (C=O) groups excluding carboxylic acids is 1. The van der Waals surface area contributed by atoms with Gasteiger partial charge in [-0.15, -0.1) is 0 Å². The quantitative estimate of drug-likeness (QED) is 0.798. The number of hydrogen-bond donors (Lipinski definition) is 1. The second-order valence-corrected chi connectivity index (χ2v) is 4.61. The Morgan fingerprint density at radius 3 is 2.62 bits per heavy atom. The molecule has 0 aliphatic carbocycles. The zero-order valence-corrected chi connectivity index (χ0v) is 11.4. The van der Waals surface area contributed by atoms with E-state index >= 15 is 0 Å². The number of pyridine rings is 1. The van der Waals surface area contributed by atoms with E-state index in [1.165, 1.54) is 0 Å². The first-order valence-electron chi connectivity index (χ1n) is 6.48. The highest BCUT2D eigenvalue weighted by Gasteiger charge is 2.11. The van der Waals surface area contributed by atoms with Crippen LogP contribution in [0.1, 0.15) is 15.9 Å². The molecule has 0 saturated carbocycles. The Bertz CT molecular complexity index is 749. The first kappa shape index (κ1) is 13.1. The number of amides is 1. The number of aromatic nitrogens is 2. The smallest absolute Gasteiger partial charge is 0.258 e. The Labute approximate surface area is 121 Å². The van der Waals surface area contributed by atoms with Crippen molar-refractivity contribution in [2.45, 2.75) is 6.92 Å². The molecule has 2 aromatic heterocycles. The highest BCUT2D eigenvalue weighted by atomic mass is 16.5. The van der Waals surface area contributed by atoms with Gasteiger partial charge in [-0.05, 0) is 31.2 Å². The van der Waals surface area contributed by atoms with Crippen LogP contribution in [0.2, 0.25) is 0 Å². The minimum atomic E-state index is -0.237. The zero-order valence-electron chi connectivity index (χ0n) is 11.4. The van der Waals surface area contributed by atoms with Crippen LogP contribution in [0.5, 0.6) is 0 Å². The second kappa shape index (κ2) is 5.58. The summed E-state index contributed by atoms with van der Waals surface area (Å²) in [5.41, 5.74) is 2.94. The van der Waals surface area contributed by atoms with Gasteiger partial charge in [-0.2, -0.15) is 0 Å². The van der Waals surface area contributed by atoms with Crippen molar-refractivity contribution in [3.8, 4) is 11.4 Å². The molecule has 0 radical (unpaired) electrons. The van der Waals surface area contributed by atoms with Gasteiger partial charge >= 0.3 is 0 Å². The third-order valence-corrected chi connectivity index (χ3v) is 2.99. The maximum Gasteiger partial charge on any atom is 0.258 e. The highest BCUT2D eigenvalue weighted by Crippen LogP contribution is 2.19. The van der Waals surface area contributed by atoms with Crippen molar-refractivity contribution in [3.63, 3.8) is 0 Å². The van der Waals surface area contributed by atoms with E-state index in [4.69, 9.17) is 4.52 Å². The summed E-state index contributed by atoms with van der Waals surface area (Å²) >= 11 is 0. The number of nitrogens with one attached hydrogen (secondary N) is 1. The SMILES string of the molecule is Cc1ccc(C(=O)Nc2cc(-c3ccccn3)no2)cc1. The van der Waals surface area contributed by atoms with Gasteiger partial charge in [0.15, 0.2) is 0 Å². The Morgan fingerprint density at radius 1 is 1.10 bits per heavy atom. The standard InChI is InChI=1S/C16H13N3O2/c1-11-5-7-12(8-6-11)16(20)18-15-10-14(19-21-15)13-4-2-3-9-17-13/h2-10H,1H3,(H,18,20). The van der Waals surface area contributed by atoms with Gasteiger partial charge < -0.3 is 4.52 Å². The number of nitrogens with zero attached hydrogens (tertiary/aromatic N) is 2. The summed E-state index contributed by atoms with van der Waals surface area (Å²) in [5.74, 6) is 0.0555. The first-order chi connectivity index (χ1) is 10.2. The molecule has 0 aliphatic heterocycles. The fraction of sp³-hybridized carbons (Fsp3) is 0.0625. The van der Waals surface area contributed by atoms with Gasteiger partial charge in [0.05, 0.1) is 5.69 Å². The van der Waals surface area contributed by atoms with E-state index in [9.17, 15) is 4.79 Å². The lowest BCUT2D eigenvalue weighted by molar-refractivity contribution is 0.102. The van der Waals surface area contributed by atoms with Crippen LogP contribution in [0.3, 0.4) is 0 Å². The van der Waals surface area contributed by atoms with E-state index in [-0.39, 0.29) is 5.91 Å². The molecular weight excluding hydrogens is 266 g/mol. The van der Waals surface area contributed by atoms with Crippen molar-refractivity contribution >= 4 is 11.8 Å². The maximum absolute atomic E-state index is 12.1. The van der Waals surface area contributed by atoms with Gasteiger partial charge in [0, 0.05) is 17.8 Å². The average molecular weight is 279 g/mol. The molecule has 2 heterocycles. The zero-order chi connectivity index (χ0) is 14.7. The Balaban J connectivity index is 1.75. The van der Waals surface area contributed by atoms with Gasteiger partial charge in [-0.25, -0.2) is 0 Å². The minimum Gasteiger partial charge on any atom is -0.338 e. The van der Waals surface area contributed by atoms with Gasteiger partial charge in [0.2, 0.25) is 5.88 Å². The lowest BCUT2D eigenvalue weighted by atomic mass is 10.1. The molecule has 21 heavy (non-hydrogen) atoms. The van der Waals surface area contributed by atoms with E-state index in [2.05, 4.69) is 15.5 Å². The topological polar surface area (TPSA) is 68.0 Å². The Morgan fingerprint density at radius 2 is 1.90 bits per heavy atom. The van der Waals surface area contributed by atoms with Gasteiger partial charge in [0.25, 0.3) is 5.91 Å². The van der Waals surface area contributed by atoms with E-state index in [0.29, 0.717) is 22.8 Å². The summed E-state index contributed by atoms with van der Waals surface area (Å²) < 4.78 is 5.11. The minimum absolute atomic E-state index is 0.237. The number of aryl methyl sites for hydroxylation is 1. The van der Waals surface area contributed by atoms with Crippen molar-refractivity contribution in [1.82, 2.24) is 10.1 Å². The van der Waals surface area contributed by atoms with E-state index < -0.39 is 0 Å². The first-order valence-corrected chi connectivity index (χ1v) is 6.48. The van der Waals surface area contributed by atoms with Crippen LogP contribution in [0.25, 0.3) is 11.4 Å². The molecular formula is C16H13N3O2. The van der Waals surface area contributed by atoms with Crippen LogP contribution >= 0.6 is 0 Å². The molecule has 5 heteroatoms. The van der Waals surface area contributed by atoms with Gasteiger partial charge in [0.1, 0.15) is 5.69 Å². The van der Waals surface area contributed by atoms with E-state index in [0.717, 1.165) is 5.56 Å². The fourth-order valence-corrected chi connectivity index (χ4v) is 1.86. The average Bonchev–Trinajstić information content (AvgIpc) is 2.97. The van der Waals surface area contributed by atoms with Crippen molar-refractivity contribution in [2.75, 3.05) is 5.32 Å². The Hall–Kier alpha value is -2.95. The molecule has 3 rings (SSSR count). The van der Waals surface area contributed by atoms with Crippen molar-refractivity contribution < 1.29 is 9.32 Å². The number of hydrogen-bond acceptors (Lipinski definition) is 4. The molecule has 0 bridgehead atoms. The van der Waals surface area contributed by atoms with Crippen LogP contribution in [0.4, 0.5) is 5.88 Å². The predicted octanol–water partition coefficient (Wildman–Crippen LogP) is 3.30. The van der Waals surface area contributed by atoms with Crippen molar-refractivity contribution in [1.29, 1.82) is 0 Å². The van der Waals surface area contributed by atoms with Crippen LogP contribution in [0, 0.1) is 6.92 Å². The van der Waals surface area contributed by atoms with Crippen LogP contribution in [0.15, 0.2) is 59.3 Å². The van der Waals surface area contributed by atoms with Crippen molar-refractivity contribution in [3.05, 3.63) is 65.9 Å². The molecule has 0 saturated heterocycles. The molecule has 1 amide bonds. The number of anilines is 1. The second-order valence-electron chi connectivity index (χ2n) is 4.61. The molecule has 0 atom stereocenters. The normalized spacial score (nSPS) is 10.3. The fourth-order valence-electron chi connectivity index (χ4n) is 1.86. The van der Waals surface area contributed by atoms with Crippen LogP contribution < -0.4 is 5.32 Å². The summed E-state index contributed by atoms with van der Waals surface area (Å²) in [5, 5.41) is 6.57. The van der Waals surface area contributed by atoms with Crippen LogP contribution in [-0.2, 0) is 0 Å². The largest absolute Gasteiger partial charge is 0.338 e. The lowest BCUT2D eigenvalue weighted by Crippen LogP contribution is -2.11. The molecule has 1 N–H and O–H groups in total. The van der Waals surface area contributed by atoms with Gasteiger partial charge in [-0.1, -0.05) is 28.9 Å². The summed E-state index contributed by atoms with van der Waals surface area (Å²) in [7, 11) is 0. The molecule has 5 nitrogen and oxygen atoms in total. The number of rotatable bonds is 3. The summed E-state index contributed by atoms with van der Waals surface area (Å²) in [6.45, 7) is 1.97. The molecule has 0 aliphatic rings. The molecule has 0 spiro atoms. The Kier molecular flexibility index (Phi) is 3.47. The summed E-state index contributed by atoms with van der Waals surface area (Å²) in [6, 6.07) is 14.5. The van der Waals surface area contributed by atoms with Gasteiger partial charge in [-0.3, -0.25) is 15.1 Å². The predicted molar refractivity (Wildman–Crippen MR) is 78.9 cm³/mol. The maximum atomic E-state index is 12.1. The summed E-state index contributed by atoms with van der Waals surface area (Å²) in [6.07, 6.45) is 1.68. The monoisotopic (exact) mass is 279 g/mol. The molecule has 0 fully saturated rings. The highest BCUT2D eigenvalue weighted by molar-refractivity contribution is 6.03. The summed E-state index contributed by atoms with van der Waals surface area (Å²) in [4.78, 5) is 16.2. The van der Waals surface area contributed by atoms with Crippen molar-refractivity contribution in [2.24, 2.45) is 0 Å². The number of carbonyl (C=O) groups is 1. The molecule has 104 valence electrons.